The molecule has 6 N–H and O–H groups in total. The summed E-state index contributed by atoms with van der Waals surface area (Å²) in [7, 11) is 0. The van der Waals surface area contributed by atoms with Gasteiger partial charge in [-0.1, -0.05) is 36.4 Å². The third-order valence-electron chi connectivity index (χ3n) is 8.37. The molecule has 2 heterocycles. The number of hydrogen-bond donors (Lipinski definition) is 6. The van der Waals surface area contributed by atoms with Crippen LogP contribution in [0, 0.1) is 5.92 Å². The van der Waals surface area contributed by atoms with Crippen LogP contribution in [0.4, 0.5) is 0 Å². The predicted octanol–water partition coefficient (Wildman–Crippen LogP) is 1.63. The Morgan fingerprint density at radius 2 is 1.78 bits per heavy atom. The maximum atomic E-state index is 13.3. The second kappa shape index (κ2) is 7.38. The minimum absolute atomic E-state index is 0.136. The van der Waals surface area contributed by atoms with Gasteiger partial charge >= 0.3 is 5.97 Å². The summed E-state index contributed by atoms with van der Waals surface area (Å²) < 4.78 is 11.2. The molecule has 0 bridgehead atoms. The highest BCUT2D eigenvalue weighted by Gasteiger charge is 2.77. The van der Waals surface area contributed by atoms with E-state index < -0.39 is 47.2 Å². The monoisotopic (exact) mass is 503 g/mol. The number of aliphatic hydroxyl groups excluding tert-OH is 2. The predicted molar refractivity (Wildman–Crippen MR) is 133 cm³/mol. The van der Waals surface area contributed by atoms with Gasteiger partial charge < -0.3 is 40.0 Å². The Morgan fingerprint density at radius 1 is 1.03 bits per heavy atom. The lowest BCUT2D eigenvalue weighted by atomic mass is 9.68. The number of hydrogen-bond acceptors (Lipinski definition) is 8. The molecule has 190 valence electrons. The molecule has 1 aromatic heterocycles. The number of nitrogens with one attached hydrogen (secondary N) is 1. The van der Waals surface area contributed by atoms with Crippen molar-refractivity contribution in [3.05, 3.63) is 66.9 Å². The topological polar surface area (TPSA) is 152 Å². The SMILES string of the molecule is O=C(Oc1c[nH]c2ccc3cc4ccccc4cc3c12)C1OC2(O)C(O)(C=CC3CC(O)CC32O)C1O. The highest BCUT2D eigenvalue weighted by atomic mass is 16.7. The van der Waals surface area contributed by atoms with E-state index in [1.807, 2.05) is 48.5 Å². The van der Waals surface area contributed by atoms with Crippen LogP contribution in [0.2, 0.25) is 0 Å². The second-order valence-corrected chi connectivity index (χ2v) is 10.4. The van der Waals surface area contributed by atoms with Crippen LogP contribution in [0.15, 0.2) is 66.9 Å². The van der Waals surface area contributed by atoms with Crippen LogP contribution in [-0.4, -0.2) is 71.8 Å². The maximum Gasteiger partial charge on any atom is 0.343 e. The summed E-state index contributed by atoms with van der Waals surface area (Å²) in [5.74, 6) is -4.32. The standard InChI is InChI=1S/C28H25NO8/c30-18-11-17-7-8-26(33)24(31)23(37-28(26,35)27(17,34)12-18)25(32)36-21-13-29-20-6-5-16-9-14-3-1-2-4-15(14)10-19(16)22(20)21/h1-10,13,17-18,23-24,29-31,33-35H,11-12H2. The molecule has 1 aliphatic heterocycles. The molecule has 2 aliphatic carbocycles. The van der Waals surface area contributed by atoms with Crippen molar-refractivity contribution in [3.63, 3.8) is 0 Å². The smallest absolute Gasteiger partial charge is 0.343 e. The number of carbonyl (C=O) groups is 1. The Labute approximate surface area is 210 Å². The number of ether oxygens (including phenoxy) is 2. The number of fused-ring (bicyclic) bond motifs is 7. The van der Waals surface area contributed by atoms with Crippen LogP contribution in [0.5, 0.6) is 5.75 Å². The van der Waals surface area contributed by atoms with E-state index in [0.717, 1.165) is 33.1 Å². The Kier molecular flexibility index (Phi) is 4.56. The fourth-order valence-corrected chi connectivity index (χ4v) is 6.45. The summed E-state index contributed by atoms with van der Waals surface area (Å²) in [6.07, 6.45) is -0.766. The molecule has 0 amide bonds. The molecule has 1 saturated carbocycles. The summed E-state index contributed by atoms with van der Waals surface area (Å²) >= 11 is 0. The molecule has 37 heavy (non-hydrogen) atoms. The van der Waals surface area contributed by atoms with E-state index in [9.17, 15) is 30.3 Å². The van der Waals surface area contributed by atoms with E-state index in [-0.39, 0.29) is 18.6 Å². The first kappa shape index (κ1) is 22.9. The molecule has 2 fully saturated rings. The largest absolute Gasteiger partial charge is 0.422 e. The number of rotatable bonds is 2. The molecule has 4 aromatic rings. The second-order valence-electron chi connectivity index (χ2n) is 10.4. The molecular weight excluding hydrogens is 478 g/mol. The Balaban J connectivity index is 1.27. The molecule has 7 unspecified atom stereocenters. The third-order valence-corrected chi connectivity index (χ3v) is 8.37. The normalized spacial score (nSPS) is 36.8. The minimum atomic E-state index is -2.73. The first-order valence-electron chi connectivity index (χ1n) is 12.2. The van der Waals surface area contributed by atoms with Gasteiger partial charge in [0.25, 0.3) is 0 Å². The van der Waals surface area contributed by atoms with Crippen molar-refractivity contribution in [3.8, 4) is 5.75 Å². The van der Waals surface area contributed by atoms with Gasteiger partial charge in [0, 0.05) is 24.1 Å². The fraction of sp³-hybridized carbons (Fsp3) is 0.321. The minimum Gasteiger partial charge on any atom is -0.422 e. The zero-order valence-electron chi connectivity index (χ0n) is 19.5. The molecule has 9 heteroatoms. The number of esters is 1. The van der Waals surface area contributed by atoms with E-state index in [4.69, 9.17) is 9.47 Å². The van der Waals surface area contributed by atoms with Crippen molar-refractivity contribution in [1.82, 2.24) is 4.98 Å². The number of H-pyrrole nitrogens is 1. The van der Waals surface area contributed by atoms with Gasteiger partial charge in [0.05, 0.1) is 11.5 Å². The van der Waals surface area contributed by atoms with Gasteiger partial charge in [0.15, 0.2) is 17.5 Å². The van der Waals surface area contributed by atoms with Crippen LogP contribution in [0.1, 0.15) is 12.8 Å². The average Bonchev–Trinajstić information content (AvgIpc) is 3.49. The summed E-state index contributed by atoms with van der Waals surface area (Å²) in [6, 6.07) is 15.8. The first-order chi connectivity index (χ1) is 17.6. The summed E-state index contributed by atoms with van der Waals surface area (Å²) in [4.78, 5) is 16.4. The average molecular weight is 504 g/mol. The number of carbonyl (C=O) groups excluding carboxylic acids is 1. The summed E-state index contributed by atoms with van der Waals surface area (Å²) in [5, 5.41) is 59.5. The van der Waals surface area contributed by atoms with Crippen LogP contribution in [0.25, 0.3) is 32.4 Å². The van der Waals surface area contributed by atoms with E-state index in [2.05, 4.69) is 4.98 Å². The fourth-order valence-electron chi connectivity index (χ4n) is 6.45. The number of benzene rings is 3. The highest BCUT2D eigenvalue weighted by Crippen LogP contribution is 2.57. The van der Waals surface area contributed by atoms with Crippen LogP contribution < -0.4 is 4.74 Å². The Morgan fingerprint density at radius 3 is 2.57 bits per heavy atom. The maximum absolute atomic E-state index is 13.3. The molecule has 7 rings (SSSR count). The zero-order chi connectivity index (χ0) is 25.7. The van der Waals surface area contributed by atoms with Crippen molar-refractivity contribution in [1.29, 1.82) is 0 Å². The molecule has 0 spiro atoms. The van der Waals surface area contributed by atoms with E-state index in [1.54, 1.807) is 0 Å². The number of aromatic nitrogens is 1. The number of aliphatic hydroxyl groups is 5. The van der Waals surface area contributed by atoms with Gasteiger partial charge in [0.1, 0.15) is 11.7 Å². The zero-order valence-corrected chi connectivity index (χ0v) is 19.5. The lowest BCUT2D eigenvalue weighted by Crippen LogP contribution is -2.70. The summed E-state index contributed by atoms with van der Waals surface area (Å²) in [6.45, 7) is 0. The lowest BCUT2D eigenvalue weighted by molar-refractivity contribution is -0.343. The number of aromatic amines is 1. The van der Waals surface area contributed by atoms with Crippen molar-refractivity contribution in [2.45, 2.75) is 48.1 Å². The van der Waals surface area contributed by atoms with Crippen LogP contribution >= 0.6 is 0 Å². The van der Waals surface area contributed by atoms with Crippen molar-refractivity contribution < 1.29 is 39.8 Å². The molecule has 3 aromatic carbocycles. The quantitative estimate of drug-likeness (QED) is 0.137. The molecule has 1 saturated heterocycles. The van der Waals surface area contributed by atoms with Gasteiger partial charge in [-0.05, 0) is 52.2 Å². The van der Waals surface area contributed by atoms with Gasteiger partial charge in [-0.3, -0.25) is 0 Å². The van der Waals surface area contributed by atoms with Crippen LogP contribution in [-0.2, 0) is 9.53 Å². The Hall–Kier alpha value is -3.31. The van der Waals surface area contributed by atoms with Crippen molar-refractivity contribution in [2.75, 3.05) is 0 Å². The highest BCUT2D eigenvalue weighted by molar-refractivity contribution is 6.14. The summed E-state index contributed by atoms with van der Waals surface area (Å²) in [5.41, 5.74) is -3.87. The van der Waals surface area contributed by atoms with Crippen molar-refractivity contribution in [2.24, 2.45) is 5.92 Å². The van der Waals surface area contributed by atoms with E-state index >= 15 is 0 Å². The first-order valence-corrected chi connectivity index (χ1v) is 12.2. The molecule has 9 nitrogen and oxygen atoms in total. The molecule has 0 radical (unpaired) electrons. The van der Waals surface area contributed by atoms with Gasteiger partial charge in [-0.25, -0.2) is 4.79 Å². The lowest BCUT2D eigenvalue weighted by Gasteiger charge is -2.49. The van der Waals surface area contributed by atoms with Gasteiger partial charge in [-0.15, -0.1) is 0 Å². The van der Waals surface area contributed by atoms with Crippen LogP contribution in [0.3, 0.4) is 0 Å². The van der Waals surface area contributed by atoms with Crippen molar-refractivity contribution >= 4 is 38.4 Å². The molecule has 7 atom stereocenters. The Bertz CT molecular complexity index is 1630. The van der Waals surface area contributed by atoms with E-state index in [0.29, 0.717) is 5.39 Å². The molecular formula is C28H25NO8. The van der Waals surface area contributed by atoms with Gasteiger partial charge in [-0.2, -0.15) is 0 Å². The van der Waals surface area contributed by atoms with Gasteiger partial charge in [0.2, 0.25) is 5.79 Å². The van der Waals surface area contributed by atoms with E-state index in [1.165, 1.54) is 12.3 Å². The molecule has 3 aliphatic rings. The third kappa shape index (κ3) is 2.86.